The van der Waals surface area contributed by atoms with Gasteiger partial charge in [-0.2, -0.15) is 18.3 Å². The molecule has 4 aromatic rings. The lowest BCUT2D eigenvalue weighted by atomic mass is 9.96. The number of nitrogens with zero attached hydrogens (tertiary/aromatic N) is 3. The highest BCUT2D eigenvalue weighted by Gasteiger charge is 2.32. The number of aromatic nitrogens is 3. The first-order valence-corrected chi connectivity index (χ1v) is 11.1. The molecular weight excluding hydrogens is 455 g/mol. The lowest BCUT2D eigenvalue weighted by Crippen LogP contribution is -2.30. The Hall–Kier alpha value is -3.98. The minimum Gasteiger partial charge on any atom is -0.322 e. The molecule has 2 N–H and O–H groups in total. The molecule has 0 saturated carbocycles. The number of carbonyl (C=O) groups is 1. The van der Waals surface area contributed by atoms with Crippen molar-refractivity contribution in [2.75, 3.05) is 11.9 Å². The third kappa shape index (κ3) is 5.09. The Morgan fingerprint density at radius 3 is 2.60 bits per heavy atom. The number of anilines is 1. The molecule has 5 rings (SSSR count). The number of H-pyrrole nitrogens is 1. The van der Waals surface area contributed by atoms with E-state index >= 15 is 0 Å². The van der Waals surface area contributed by atoms with E-state index in [4.69, 9.17) is 0 Å². The number of rotatable bonds is 5. The maximum atomic E-state index is 13.4. The Labute approximate surface area is 199 Å². The molecule has 0 spiro atoms. The van der Waals surface area contributed by atoms with Crippen molar-refractivity contribution in [1.82, 2.24) is 20.1 Å². The number of fused-ring (bicyclic) bond motifs is 1. The molecule has 0 fully saturated rings. The highest BCUT2D eigenvalue weighted by Crippen LogP contribution is 2.34. The van der Waals surface area contributed by atoms with Crippen molar-refractivity contribution in [1.29, 1.82) is 0 Å². The molecule has 0 radical (unpaired) electrons. The van der Waals surface area contributed by atoms with Gasteiger partial charge in [0.05, 0.1) is 12.1 Å². The zero-order valence-electron chi connectivity index (χ0n) is 18.6. The second kappa shape index (κ2) is 9.34. The molecule has 3 aromatic carbocycles. The minimum absolute atomic E-state index is 0.0259. The fourth-order valence-corrected chi connectivity index (χ4v) is 4.32. The number of alkyl halides is 3. The molecule has 2 heterocycles. The summed E-state index contributed by atoms with van der Waals surface area (Å²) in [5.41, 5.74) is 3.01. The fraction of sp³-hybridized carbons (Fsp3) is 0.192. The summed E-state index contributed by atoms with van der Waals surface area (Å²) in [5.74, 6) is 0.213. The normalized spacial score (nSPS) is 13.9. The van der Waals surface area contributed by atoms with Crippen LogP contribution in [0.2, 0.25) is 0 Å². The summed E-state index contributed by atoms with van der Waals surface area (Å²) in [5, 5.41) is 9.54. The molecule has 178 valence electrons. The number of nitrogens with one attached hydrogen (secondary N) is 2. The summed E-state index contributed by atoms with van der Waals surface area (Å²) in [6.45, 7) is 2.21. The molecule has 1 aliphatic rings. The van der Waals surface area contributed by atoms with Crippen LogP contribution in [0.3, 0.4) is 0 Å². The van der Waals surface area contributed by atoms with Gasteiger partial charge in [-0.05, 0) is 52.9 Å². The van der Waals surface area contributed by atoms with Crippen LogP contribution >= 0.6 is 0 Å². The van der Waals surface area contributed by atoms with E-state index in [0.29, 0.717) is 23.4 Å². The van der Waals surface area contributed by atoms with Gasteiger partial charge < -0.3 is 5.32 Å². The van der Waals surface area contributed by atoms with Crippen LogP contribution in [0, 0.1) is 0 Å². The van der Waals surface area contributed by atoms with Crippen LogP contribution in [0.15, 0.2) is 73.1 Å². The summed E-state index contributed by atoms with van der Waals surface area (Å²) < 4.78 is 40.2. The number of benzene rings is 3. The average Bonchev–Trinajstić information content (AvgIpc) is 3.37. The molecule has 1 aromatic heterocycles. The maximum absolute atomic E-state index is 13.4. The Morgan fingerprint density at radius 1 is 1.03 bits per heavy atom. The van der Waals surface area contributed by atoms with Crippen LogP contribution in [0.1, 0.15) is 32.9 Å². The van der Waals surface area contributed by atoms with Crippen LogP contribution in [0.5, 0.6) is 0 Å². The van der Waals surface area contributed by atoms with Crippen molar-refractivity contribution < 1.29 is 18.0 Å². The number of halogens is 3. The van der Waals surface area contributed by atoms with Crippen LogP contribution in [-0.2, 0) is 25.7 Å². The van der Waals surface area contributed by atoms with E-state index in [9.17, 15) is 18.0 Å². The first-order chi connectivity index (χ1) is 16.9. The topological polar surface area (TPSA) is 73.9 Å². The molecule has 9 heteroatoms. The van der Waals surface area contributed by atoms with Gasteiger partial charge in [-0.25, -0.2) is 4.98 Å². The molecule has 6 nitrogen and oxygen atoms in total. The molecule has 1 amide bonds. The largest absolute Gasteiger partial charge is 0.416 e. The average molecular weight is 477 g/mol. The molecule has 0 atom stereocenters. The third-order valence-corrected chi connectivity index (χ3v) is 6.07. The lowest BCUT2D eigenvalue weighted by molar-refractivity contribution is -0.137. The van der Waals surface area contributed by atoms with Crippen molar-refractivity contribution in [3.8, 4) is 11.1 Å². The first kappa shape index (κ1) is 22.8. The highest BCUT2D eigenvalue weighted by atomic mass is 19.4. The van der Waals surface area contributed by atoms with Crippen LogP contribution < -0.4 is 5.32 Å². The number of aromatic amines is 1. The van der Waals surface area contributed by atoms with Crippen molar-refractivity contribution in [2.45, 2.75) is 25.7 Å². The van der Waals surface area contributed by atoms with Gasteiger partial charge in [-0.3, -0.25) is 14.8 Å². The smallest absolute Gasteiger partial charge is 0.322 e. The highest BCUT2D eigenvalue weighted by molar-refractivity contribution is 6.09. The van der Waals surface area contributed by atoms with Crippen LogP contribution in [0.25, 0.3) is 11.1 Å². The van der Waals surface area contributed by atoms with E-state index in [-0.39, 0.29) is 5.56 Å². The predicted octanol–water partition coefficient (Wildman–Crippen LogP) is 5.30. The van der Waals surface area contributed by atoms with Crippen molar-refractivity contribution in [2.24, 2.45) is 0 Å². The van der Waals surface area contributed by atoms with Crippen molar-refractivity contribution in [3.05, 3.63) is 101 Å². The molecule has 0 aliphatic carbocycles. The quantitative estimate of drug-likeness (QED) is 0.409. The summed E-state index contributed by atoms with van der Waals surface area (Å²) in [4.78, 5) is 19.6. The summed E-state index contributed by atoms with van der Waals surface area (Å²) in [6.07, 6.45) is -2.28. The van der Waals surface area contributed by atoms with E-state index in [1.807, 2.05) is 18.2 Å². The number of amides is 1. The van der Waals surface area contributed by atoms with Gasteiger partial charge in [0.25, 0.3) is 5.91 Å². The second-order valence-electron chi connectivity index (χ2n) is 8.45. The molecule has 35 heavy (non-hydrogen) atoms. The summed E-state index contributed by atoms with van der Waals surface area (Å²) in [7, 11) is 0. The van der Waals surface area contributed by atoms with E-state index < -0.39 is 17.6 Å². The number of hydrogen-bond acceptors (Lipinski definition) is 4. The number of hydrogen-bond donors (Lipinski definition) is 2. The summed E-state index contributed by atoms with van der Waals surface area (Å²) >= 11 is 0. The van der Waals surface area contributed by atoms with Gasteiger partial charge in [0.1, 0.15) is 12.2 Å². The third-order valence-electron chi connectivity index (χ3n) is 6.07. The maximum Gasteiger partial charge on any atom is 0.416 e. The molecule has 0 saturated heterocycles. The van der Waals surface area contributed by atoms with Gasteiger partial charge in [0, 0.05) is 24.3 Å². The van der Waals surface area contributed by atoms with E-state index in [1.165, 1.54) is 12.4 Å². The SMILES string of the molecule is O=C(Nc1ccc2c(c1)CCN(Cc1ncn[nH]1)C2)c1cc(C(F)(F)F)ccc1-c1ccccc1. The van der Waals surface area contributed by atoms with Crippen molar-refractivity contribution in [3.63, 3.8) is 0 Å². The molecule has 0 unspecified atom stereocenters. The van der Waals surface area contributed by atoms with E-state index in [1.54, 1.807) is 30.3 Å². The molecule has 1 aliphatic heterocycles. The second-order valence-corrected chi connectivity index (χ2v) is 8.45. The summed E-state index contributed by atoms with van der Waals surface area (Å²) in [6, 6.07) is 17.8. The Balaban J connectivity index is 1.38. The number of carbonyl (C=O) groups excluding carboxylic acids is 1. The van der Waals surface area contributed by atoms with Crippen molar-refractivity contribution >= 4 is 11.6 Å². The first-order valence-electron chi connectivity index (χ1n) is 11.1. The zero-order chi connectivity index (χ0) is 24.4. The monoisotopic (exact) mass is 477 g/mol. The molecular formula is C26H22F3N5O. The van der Waals surface area contributed by atoms with Gasteiger partial charge in [0.2, 0.25) is 0 Å². The fourth-order valence-electron chi connectivity index (χ4n) is 4.32. The van der Waals surface area contributed by atoms with Gasteiger partial charge in [0.15, 0.2) is 0 Å². The standard InChI is InChI=1S/C26H22F3N5O/c27-26(28,29)20-7-9-22(17-4-2-1-3-5-17)23(13-20)25(35)32-21-8-6-19-14-34(11-10-18(19)12-21)15-24-30-16-31-33-24/h1-9,12-13,16H,10-11,14-15H2,(H,32,35)(H,30,31,33). The van der Waals surface area contributed by atoms with E-state index in [2.05, 4.69) is 25.4 Å². The predicted molar refractivity (Wildman–Crippen MR) is 125 cm³/mol. The zero-order valence-corrected chi connectivity index (χ0v) is 18.6. The Morgan fingerprint density at radius 2 is 1.86 bits per heavy atom. The molecule has 0 bridgehead atoms. The van der Waals surface area contributed by atoms with Gasteiger partial charge in [-0.15, -0.1) is 0 Å². The Bertz CT molecular complexity index is 1340. The van der Waals surface area contributed by atoms with E-state index in [0.717, 1.165) is 48.6 Å². The van der Waals surface area contributed by atoms with Gasteiger partial charge >= 0.3 is 6.18 Å². The minimum atomic E-state index is -4.55. The lowest BCUT2D eigenvalue weighted by Gasteiger charge is -2.28. The van der Waals surface area contributed by atoms with Gasteiger partial charge in [-0.1, -0.05) is 42.5 Å². The van der Waals surface area contributed by atoms with Crippen LogP contribution in [-0.4, -0.2) is 32.5 Å². The Kier molecular flexibility index (Phi) is 6.08. The van der Waals surface area contributed by atoms with Crippen LogP contribution in [0.4, 0.5) is 18.9 Å².